The number of aromatic nitrogens is 2. The molecule has 0 saturated heterocycles. The monoisotopic (exact) mass is 1000 g/mol. The minimum atomic E-state index is 0.424. The molecular formula is C74H58N4. The third-order valence-corrected chi connectivity index (χ3v) is 17.0. The summed E-state index contributed by atoms with van der Waals surface area (Å²) in [5.74, 6) is 0.847. The van der Waals surface area contributed by atoms with Crippen LogP contribution in [0, 0.1) is 13.8 Å². The fourth-order valence-corrected chi connectivity index (χ4v) is 13.3. The predicted molar refractivity (Wildman–Crippen MR) is 334 cm³/mol. The highest BCUT2D eigenvalue weighted by Gasteiger charge is 2.30. The van der Waals surface area contributed by atoms with Gasteiger partial charge in [0.15, 0.2) is 0 Å². The lowest BCUT2D eigenvalue weighted by Crippen LogP contribution is -2.13. The van der Waals surface area contributed by atoms with Gasteiger partial charge in [-0.1, -0.05) is 198 Å². The Hall–Kier alpha value is -9.38. The molecule has 4 nitrogen and oxygen atoms in total. The third kappa shape index (κ3) is 6.72. The van der Waals surface area contributed by atoms with Crippen LogP contribution in [0.1, 0.15) is 61.8 Å². The predicted octanol–water partition coefficient (Wildman–Crippen LogP) is 21.1. The summed E-state index contributed by atoms with van der Waals surface area (Å²) in [4.78, 5) is 5.08. The van der Waals surface area contributed by atoms with Gasteiger partial charge in [0.25, 0.3) is 0 Å². The van der Waals surface area contributed by atoms with E-state index in [1.165, 1.54) is 132 Å². The average molecular weight is 1000 g/mol. The lowest BCUT2D eigenvalue weighted by atomic mass is 9.96. The summed E-state index contributed by atoms with van der Waals surface area (Å²) in [7, 11) is 0. The number of anilines is 6. The largest absolute Gasteiger partial charge is 0.309 e. The molecule has 0 fully saturated rings. The Morgan fingerprint density at radius 2 is 0.705 bits per heavy atom. The van der Waals surface area contributed by atoms with Crippen LogP contribution in [0.5, 0.6) is 0 Å². The van der Waals surface area contributed by atoms with Gasteiger partial charge in [-0.25, -0.2) is 0 Å². The molecular weight excluding hydrogens is 945 g/mol. The lowest BCUT2D eigenvalue weighted by molar-refractivity contribution is 0.866. The van der Waals surface area contributed by atoms with Gasteiger partial charge in [-0.2, -0.15) is 0 Å². The quantitative estimate of drug-likeness (QED) is 0.136. The molecule has 4 aromatic heterocycles. The highest BCUT2D eigenvalue weighted by molar-refractivity contribution is 6.32. The maximum Gasteiger partial charge on any atom is 0.0641 e. The van der Waals surface area contributed by atoms with Gasteiger partial charge in [-0.05, 0) is 120 Å². The van der Waals surface area contributed by atoms with Crippen molar-refractivity contribution in [3.05, 3.63) is 253 Å². The molecule has 0 aliphatic carbocycles. The second kappa shape index (κ2) is 17.6. The van der Waals surface area contributed by atoms with Gasteiger partial charge >= 0.3 is 0 Å². The normalized spacial score (nSPS) is 12.2. The zero-order valence-corrected chi connectivity index (χ0v) is 44.9. The van der Waals surface area contributed by atoms with E-state index in [1.54, 1.807) is 0 Å². The minimum Gasteiger partial charge on any atom is -0.309 e. The molecule has 78 heavy (non-hydrogen) atoms. The first-order valence-corrected chi connectivity index (χ1v) is 27.7. The number of fused-ring (bicyclic) bond motifs is 12. The van der Waals surface area contributed by atoms with Crippen molar-refractivity contribution in [2.45, 2.75) is 53.4 Å². The van der Waals surface area contributed by atoms with Gasteiger partial charge in [-0.3, -0.25) is 0 Å². The van der Waals surface area contributed by atoms with Crippen molar-refractivity contribution < 1.29 is 0 Å². The first kappa shape index (κ1) is 46.0. The van der Waals surface area contributed by atoms with Crippen molar-refractivity contribution in [1.29, 1.82) is 0 Å². The number of para-hydroxylation sites is 4. The van der Waals surface area contributed by atoms with E-state index in [9.17, 15) is 0 Å². The summed E-state index contributed by atoms with van der Waals surface area (Å²) in [6.07, 6.45) is 0. The number of benzene rings is 11. The zero-order chi connectivity index (χ0) is 52.5. The molecule has 0 unspecified atom stereocenters. The molecule has 0 bridgehead atoms. The van der Waals surface area contributed by atoms with Crippen LogP contribution in [-0.2, 0) is 0 Å². The maximum absolute atomic E-state index is 2.57. The van der Waals surface area contributed by atoms with E-state index in [0.29, 0.717) is 11.8 Å². The van der Waals surface area contributed by atoms with Crippen LogP contribution in [0.2, 0.25) is 0 Å². The van der Waals surface area contributed by atoms with E-state index in [0.717, 1.165) is 22.7 Å². The Morgan fingerprint density at radius 1 is 0.321 bits per heavy atom. The van der Waals surface area contributed by atoms with Crippen molar-refractivity contribution in [1.82, 2.24) is 8.80 Å². The molecule has 11 aromatic carbocycles. The van der Waals surface area contributed by atoms with E-state index in [1.807, 2.05) is 0 Å². The molecule has 0 amide bonds. The molecule has 4 heterocycles. The molecule has 374 valence electrons. The minimum absolute atomic E-state index is 0.424. The van der Waals surface area contributed by atoms with Crippen LogP contribution in [0.4, 0.5) is 34.1 Å². The molecule has 0 N–H and O–H groups in total. The van der Waals surface area contributed by atoms with Crippen molar-refractivity contribution in [3.8, 4) is 22.3 Å². The maximum atomic E-state index is 2.57. The number of nitrogens with zero attached hydrogens (tertiary/aromatic N) is 4. The van der Waals surface area contributed by atoms with Gasteiger partial charge in [0.2, 0.25) is 0 Å². The Bertz CT molecular complexity index is 4480. The average Bonchev–Trinajstić information content (AvgIpc) is 4.39. The van der Waals surface area contributed by atoms with Crippen LogP contribution >= 0.6 is 0 Å². The molecule has 0 aliphatic heterocycles. The zero-order valence-electron chi connectivity index (χ0n) is 44.9. The molecule has 0 aliphatic rings. The third-order valence-electron chi connectivity index (χ3n) is 17.0. The number of rotatable bonds is 10. The summed E-state index contributed by atoms with van der Waals surface area (Å²) < 4.78 is 5.14. The number of hydrogen-bond donors (Lipinski definition) is 0. The van der Waals surface area contributed by atoms with E-state index in [-0.39, 0.29) is 0 Å². The fourth-order valence-electron chi connectivity index (χ4n) is 13.3. The standard InChI is InChI=1S/C74H58N4/c1-45(2)49-31-35-53(36-32-49)75(71-47(5)19-17-27-55(71)51-21-9-7-10-22-51)65-41-39-57-61-43-68-62(44-67(61)77-63-29-15-13-25-59(63)69(65)73(57)77)58-40-42-66(70-60-26-14-16-30-64(60)78(68)74(58)70)76(54-37-33-50(34-38-54)46(3)4)72-48(6)20-18-28-56(72)52-23-11-8-12-24-52/h7-46H,1-6H3. The highest BCUT2D eigenvalue weighted by atomic mass is 15.2. The summed E-state index contributed by atoms with van der Waals surface area (Å²) in [6, 6.07) is 86.5. The van der Waals surface area contributed by atoms with Crippen molar-refractivity contribution in [2.75, 3.05) is 9.80 Å². The van der Waals surface area contributed by atoms with Gasteiger partial charge < -0.3 is 18.6 Å². The Balaban J connectivity index is 1.01. The second-order valence-corrected chi connectivity index (χ2v) is 22.1. The van der Waals surface area contributed by atoms with Crippen molar-refractivity contribution in [3.63, 3.8) is 0 Å². The molecule has 15 rings (SSSR count). The van der Waals surface area contributed by atoms with Crippen molar-refractivity contribution in [2.24, 2.45) is 0 Å². The fraction of sp³-hybridized carbons (Fsp3) is 0.108. The van der Waals surface area contributed by atoms with Crippen LogP contribution in [-0.4, -0.2) is 8.80 Å². The van der Waals surface area contributed by atoms with Crippen LogP contribution in [0.25, 0.3) is 98.4 Å². The van der Waals surface area contributed by atoms with E-state index in [2.05, 4.69) is 291 Å². The summed E-state index contributed by atoms with van der Waals surface area (Å²) in [5.41, 5.74) is 24.2. The lowest BCUT2D eigenvalue weighted by Gasteiger charge is -2.30. The van der Waals surface area contributed by atoms with Gasteiger partial charge in [0.05, 0.1) is 55.8 Å². The molecule has 0 saturated carbocycles. The molecule has 4 heteroatoms. The van der Waals surface area contributed by atoms with E-state index in [4.69, 9.17) is 0 Å². The second-order valence-electron chi connectivity index (χ2n) is 22.1. The topological polar surface area (TPSA) is 15.3 Å². The smallest absolute Gasteiger partial charge is 0.0641 e. The summed E-state index contributed by atoms with van der Waals surface area (Å²) >= 11 is 0. The molecule has 0 atom stereocenters. The SMILES string of the molecule is Cc1cccc(-c2ccccc2)c1N(c1ccc(C(C)C)cc1)c1ccc2c3cc4c(cc3n3c5ccccc5c1c23)c1ccc(N(c2ccc(C(C)C)cc2)c2c(C)cccc2-c2ccccc2)c2c3ccccc3n4c12. The van der Waals surface area contributed by atoms with Gasteiger partial charge in [0, 0.05) is 65.6 Å². The van der Waals surface area contributed by atoms with Crippen LogP contribution in [0.3, 0.4) is 0 Å². The summed E-state index contributed by atoms with van der Waals surface area (Å²) in [6.45, 7) is 13.6. The first-order chi connectivity index (χ1) is 38.2. The van der Waals surface area contributed by atoms with Gasteiger partial charge in [-0.15, -0.1) is 0 Å². The Kier molecular flexibility index (Phi) is 10.4. The molecule has 0 spiro atoms. The Labute approximate surface area is 454 Å². The molecule has 15 aromatic rings. The molecule has 0 radical (unpaired) electrons. The number of hydrogen-bond acceptors (Lipinski definition) is 2. The highest BCUT2D eigenvalue weighted by Crippen LogP contribution is 2.53. The van der Waals surface area contributed by atoms with Crippen LogP contribution in [0.15, 0.2) is 231 Å². The Morgan fingerprint density at radius 3 is 1.10 bits per heavy atom. The first-order valence-electron chi connectivity index (χ1n) is 27.7. The number of aryl methyl sites for hydroxylation is 2. The van der Waals surface area contributed by atoms with E-state index < -0.39 is 0 Å². The van der Waals surface area contributed by atoms with Gasteiger partial charge in [0.1, 0.15) is 0 Å². The summed E-state index contributed by atoms with van der Waals surface area (Å²) in [5, 5.41) is 9.98. The van der Waals surface area contributed by atoms with E-state index >= 15 is 0 Å². The van der Waals surface area contributed by atoms with Crippen LogP contribution < -0.4 is 9.80 Å². The van der Waals surface area contributed by atoms with Crippen molar-refractivity contribution >= 4 is 110 Å².